The molecule has 4 rings (SSSR count). The number of hydrogen-bond acceptors (Lipinski definition) is 5. The number of nitrogens with zero attached hydrogens (tertiary/aromatic N) is 2. The van der Waals surface area contributed by atoms with Gasteiger partial charge >= 0.3 is 0 Å². The van der Waals surface area contributed by atoms with Crippen LogP contribution in [0.15, 0.2) is 29.8 Å². The number of carbonyl (C=O) groups is 2. The van der Waals surface area contributed by atoms with Gasteiger partial charge in [-0.05, 0) is 50.3 Å². The molecule has 6 nitrogen and oxygen atoms in total. The second-order valence-corrected chi connectivity index (χ2v) is 8.48. The molecule has 2 aliphatic rings. The summed E-state index contributed by atoms with van der Waals surface area (Å²) in [6.07, 6.45) is 3.34. The summed E-state index contributed by atoms with van der Waals surface area (Å²) in [5.41, 5.74) is 3.13. The van der Waals surface area contributed by atoms with Gasteiger partial charge in [0.25, 0.3) is 5.91 Å². The minimum Gasteiger partial charge on any atom is -0.497 e. The monoisotopic (exact) mass is 399 g/mol. The topological polar surface area (TPSA) is 71.5 Å². The van der Waals surface area contributed by atoms with Crippen LogP contribution in [0.2, 0.25) is 0 Å². The van der Waals surface area contributed by atoms with Crippen LogP contribution in [-0.2, 0) is 10.2 Å². The summed E-state index contributed by atoms with van der Waals surface area (Å²) >= 11 is 1.37. The molecule has 148 valence electrons. The predicted molar refractivity (Wildman–Crippen MR) is 108 cm³/mol. The minimum absolute atomic E-state index is 0.0557. The molecular formula is C21H25N3O3S. The Bertz CT molecular complexity index is 883. The van der Waals surface area contributed by atoms with Crippen molar-refractivity contribution in [2.24, 2.45) is 0 Å². The largest absolute Gasteiger partial charge is 0.497 e. The summed E-state index contributed by atoms with van der Waals surface area (Å²) in [5.74, 6) is 0.944. The Labute approximate surface area is 168 Å². The molecule has 1 aromatic heterocycles. The van der Waals surface area contributed by atoms with E-state index in [1.54, 1.807) is 12.6 Å². The number of likely N-dealkylation sites (tertiary alicyclic amines) is 1. The van der Waals surface area contributed by atoms with Crippen molar-refractivity contribution in [1.29, 1.82) is 0 Å². The van der Waals surface area contributed by atoms with Gasteiger partial charge in [0.1, 0.15) is 10.6 Å². The number of methoxy groups -OCH3 is 1. The number of aryl methyl sites for hydroxylation is 1. The van der Waals surface area contributed by atoms with Crippen molar-refractivity contribution < 1.29 is 14.3 Å². The smallest absolute Gasteiger partial charge is 0.263 e. The molecule has 1 N–H and O–H groups in total. The van der Waals surface area contributed by atoms with Crippen LogP contribution in [0.25, 0.3) is 0 Å². The van der Waals surface area contributed by atoms with E-state index in [4.69, 9.17) is 4.74 Å². The van der Waals surface area contributed by atoms with E-state index in [0.717, 1.165) is 42.7 Å². The molecule has 2 fully saturated rings. The number of hydrogen-bond donors (Lipinski definition) is 1. The lowest BCUT2D eigenvalue weighted by Crippen LogP contribution is -2.49. The molecule has 0 radical (unpaired) electrons. The number of thiazole rings is 1. The van der Waals surface area contributed by atoms with E-state index in [1.165, 1.54) is 11.3 Å². The number of piperidine rings is 1. The summed E-state index contributed by atoms with van der Waals surface area (Å²) < 4.78 is 5.32. The molecule has 28 heavy (non-hydrogen) atoms. The molecule has 2 amide bonds. The van der Waals surface area contributed by atoms with Crippen molar-refractivity contribution >= 4 is 23.2 Å². The second kappa shape index (κ2) is 7.54. The molecule has 1 saturated heterocycles. The van der Waals surface area contributed by atoms with Crippen molar-refractivity contribution in [3.63, 3.8) is 0 Å². The first-order chi connectivity index (χ1) is 13.5. The van der Waals surface area contributed by atoms with Crippen molar-refractivity contribution in [1.82, 2.24) is 15.2 Å². The van der Waals surface area contributed by atoms with Gasteiger partial charge in [0.05, 0.1) is 23.7 Å². The van der Waals surface area contributed by atoms with Crippen molar-refractivity contribution in [2.75, 3.05) is 20.2 Å². The van der Waals surface area contributed by atoms with Crippen LogP contribution in [0.4, 0.5) is 0 Å². The highest BCUT2D eigenvalue weighted by Crippen LogP contribution is 2.50. The van der Waals surface area contributed by atoms with Crippen molar-refractivity contribution in [3.05, 3.63) is 45.9 Å². The van der Waals surface area contributed by atoms with Gasteiger partial charge in [-0.25, -0.2) is 4.98 Å². The van der Waals surface area contributed by atoms with Gasteiger partial charge < -0.3 is 15.0 Å². The Morgan fingerprint density at radius 1 is 1.29 bits per heavy atom. The Morgan fingerprint density at radius 2 is 2.04 bits per heavy atom. The first-order valence-corrected chi connectivity index (χ1v) is 10.6. The predicted octanol–water partition coefficient (Wildman–Crippen LogP) is 2.91. The number of amides is 2. The van der Waals surface area contributed by atoms with Crippen molar-refractivity contribution in [2.45, 2.75) is 44.1 Å². The maximum Gasteiger partial charge on any atom is 0.263 e. The van der Waals surface area contributed by atoms with Gasteiger partial charge in [0, 0.05) is 19.1 Å². The first-order valence-electron chi connectivity index (χ1n) is 9.68. The van der Waals surface area contributed by atoms with Gasteiger partial charge in [0.2, 0.25) is 5.91 Å². The molecule has 1 aliphatic carbocycles. The number of carbonyl (C=O) groups excluding carboxylic acids is 2. The van der Waals surface area contributed by atoms with Gasteiger partial charge in [-0.1, -0.05) is 12.1 Å². The molecule has 1 saturated carbocycles. The Kier molecular flexibility index (Phi) is 5.10. The molecule has 1 aliphatic heterocycles. The third-order valence-electron chi connectivity index (χ3n) is 5.85. The number of rotatable bonds is 5. The maximum absolute atomic E-state index is 13.2. The highest BCUT2D eigenvalue weighted by atomic mass is 32.1. The summed E-state index contributed by atoms with van der Waals surface area (Å²) in [5, 5.41) is 3.10. The fourth-order valence-corrected chi connectivity index (χ4v) is 4.68. The summed E-state index contributed by atoms with van der Waals surface area (Å²) in [6, 6.07) is 7.96. The van der Waals surface area contributed by atoms with E-state index in [-0.39, 0.29) is 23.3 Å². The van der Waals surface area contributed by atoms with Crippen LogP contribution in [-0.4, -0.2) is 47.9 Å². The molecule has 7 heteroatoms. The lowest BCUT2D eigenvalue weighted by Gasteiger charge is -2.35. The standard InChI is InChI=1S/C21H25N3O3S/c1-14-18(28-13-22-14)19(25)23-16-6-10-24(11-7-16)20(26)21(8-9-21)15-4-3-5-17(12-15)27-2/h3-5,12-13,16H,6-11H2,1-2H3,(H,23,25). The fourth-order valence-electron chi connectivity index (χ4n) is 3.97. The molecular weight excluding hydrogens is 374 g/mol. The van der Waals surface area contributed by atoms with Crippen LogP contribution >= 0.6 is 11.3 Å². The van der Waals surface area contributed by atoms with Gasteiger partial charge in [-0.15, -0.1) is 11.3 Å². The quantitative estimate of drug-likeness (QED) is 0.839. The normalized spacial score (nSPS) is 18.6. The summed E-state index contributed by atoms with van der Waals surface area (Å²) in [7, 11) is 1.65. The van der Waals surface area contributed by atoms with Gasteiger partial charge in [-0.3, -0.25) is 9.59 Å². The molecule has 0 atom stereocenters. The highest BCUT2D eigenvalue weighted by molar-refractivity contribution is 7.11. The van der Waals surface area contributed by atoms with Crippen LogP contribution in [0.1, 0.15) is 46.6 Å². The molecule has 2 aromatic rings. The average Bonchev–Trinajstić information content (AvgIpc) is 3.43. The van der Waals surface area contributed by atoms with Crippen LogP contribution in [0.3, 0.4) is 0 Å². The highest BCUT2D eigenvalue weighted by Gasteiger charge is 2.53. The number of aromatic nitrogens is 1. The summed E-state index contributed by atoms with van der Waals surface area (Å²) in [4.78, 5) is 32.4. The SMILES string of the molecule is COc1cccc(C2(C(=O)N3CCC(NC(=O)c4scnc4C)CC3)CC2)c1. The van der Waals surface area contributed by atoms with E-state index in [9.17, 15) is 9.59 Å². The molecule has 0 spiro atoms. The molecule has 2 heterocycles. The Balaban J connectivity index is 1.36. The zero-order chi connectivity index (χ0) is 19.7. The zero-order valence-electron chi connectivity index (χ0n) is 16.2. The molecule has 0 unspecified atom stereocenters. The fraction of sp³-hybridized carbons (Fsp3) is 0.476. The lowest BCUT2D eigenvalue weighted by molar-refractivity contribution is -0.135. The Morgan fingerprint density at radius 3 is 2.64 bits per heavy atom. The maximum atomic E-state index is 13.2. The van der Waals surface area contributed by atoms with Crippen LogP contribution in [0, 0.1) is 6.92 Å². The zero-order valence-corrected chi connectivity index (χ0v) is 17.1. The molecule has 0 bridgehead atoms. The van der Waals surface area contributed by atoms with E-state index in [0.29, 0.717) is 18.0 Å². The number of nitrogens with one attached hydrogen (secondary N) is 1. The van der Waals surface area contributed by atoms with Crippen LogP contribution in [0.5, 0.6) is 5.75 Å². The van der Waals surface area contributed by atoms with Crippen molar-refractivity contribution in [3.8, 4) is 5.75 Å². The van der Waals surface area contributed by atoms with E-state index < -0.39 is 0 Å². The van der Waals surface area contributed by atoms with E-state index in [1.807, 2.05) is 36.1 Å². The lowest BCUT2D eigenvalue weighted by atomic mass is 9.92. The Hall–Kier alpha value is -2.41. The van der Waals surface area contributed by atoms with Gasteiger partial charge in [0.15, 0.2) is 0 Å². The van der Waals surface area contributed by atoms with E-state index >= 15 is 0 Å². The van der Waals surface area contributed by atoms with E-state index in [2.05, 4.69) is 10.3 Å². The second-order valence-electron chi connectivity index (χ2n) is 7.62. The third kappa shape index (κ3) is 3.51. The number of benzene rings is 1. The minimum atomic E-state index is -0.385. The average molecular weight is 400 g/mol. The summed E-state index contributed by atoms with van der Waals surface area (Å²) in [6.45, 7) is 3.20. The molecule has 1 aromatic carbocycles. The van der Waals surface area contributed by atoms with Gasteiger partial charge in [-0.2, -0.15) is 0 Å². The van der Waals surface area contributed by atoms with Crippen LogP contribution < -0.4 is 10.1 Å². The number of ether oxygens (including phenoxy) is 1. The first kappa shape index (κ1) is 18.9. The third-order valence-corrected chi connectivity index (χ3v) is 6.78.